The molecule has 1 amide bonds. The van der Waals surface area contributed by atoms with E-state index >= 15 is 0 Å². The van der Waals surface area contributed by atoms with Crippen LogP contribution >= 0.6 is 0 Å². The van der Waals surface area contributed by atoms with Crippen LogP contribution in [0.25, 0.3) is 0 Å². The second-order valence-electron chi connectivity index (χ2n) is 5.81. The highest BCUT2D eigenvalue weighted by atomic mass is 32.2. The van der Waals surface area contributed by atoms with Gasteiger partial charge in [0.05, 0.1) is 17.6 Å². The van der Waals surface area contributed by atoms with E-state index in [4.69, 9.17) is 0 Å². The number of carbonyl (C=O) groups excluding carboxylic acids is 1. The zero-order chi connectivity index (χ0) is 16.3. The van der Waals surface area contributed by atoms with Gasteiger partial charge in [0.2, 0.25) is 15.9 Å². The first kappa shape index (κ1) is 16.8. The molecule has 1 aromatic rings. The van der Waals surface area contributed by atoms with Crippen molar-refractivity contribution < 1.29 is 13.2 Å². The molecule has 5 nitrogen and oxygen atoms in total. The molecule has 122 valence electrons. The van der Waals surface area contributed by atoms with Gasteiger partial charge in [-0.25, -0.2) is 8.42 Å². The number of para-hydroxylation sites is 2. The summed E-state index contributed by atoms with van der Waals surface area (Å²) in [5, 5.41) is 2.90. The van der Waals surface area contributed by atoms with Gasteiger partial charge < -0.3 is 5.32 Å². The minimum absolute atomic E-state index is 0.0150. The van der Waals surface area contributed by atoms with Crippen molar-refractivity contribution in [3.8, 4) is 0 Å². The number of rotatable bonds is 7. The van der Waals surface area contributed by atoms with E-state index in [1.54, 1.807) is 24.3 Å². The van der Waals surface area contributed by atoms with Gasteiger partial charge in [0.25, 0.3) is 0 Å². The highest BCUT2D eigenvalue weighted by molar-refractivity contribution is 7.92. The van der Waals surface area contributed by atoms with Gasteiger partial charge in [-0.15, -0.1) is 0 Å². The van der Waals surface area contributed by atoms with Crippen molar-refractivity contribution in [3.63, 3.8) is 0 Å². The molecule has 0 radical (unpaired) electrons. The van der Waals surface area contributed by atoms with Crippen molar-refractivity contribution in [1.29, 1.82) is 0 Å². The van der Waals surface area contributed by atoms with Crippen LogP contribution in [0, 0.1) is 5.92 Å². The van der Waals surface area contributed by atoms with Gasteiger partial charge in [-0.3, -0.25) is 9.10 Å². The van der Waals surface area contributed by atoms with E-state index < -0.39 is 10.0 Å². The Morgan fingerprint density at radius 3 is 2.36 bits per heavy atom. The maximum absolute atomic E-state index is 12.3. The molecule has 1 aromatic carbocycles. The number of nitrogens with one attached hydrogen (secondary N) is 1. The Kier molecular flexibility index (Phi) is 5.11. The molecule has 6 heteroatoms. The third kappa shape index (κ3) is 3.80. The Morgan fingerprint density at radius 1 is 1.27 bits per heavy atom. The molecule has 0 heterocycles. The fourth-order valence-electron chi connectivity index (χ4n) is 2.62. The number of amides is 1. The standard InChI is InChI=1S/C16H24N2O3S/c1-4-12(5-2)16(19)17-14-8-6-7-9-15(14)18(13-10-11-13)22(3,20)21/h6-9,12-13H,4-5,10-11H2,1-3H3,(H,17,19). The van der Waals surface area contributed by atoms with E-state index in [1.165, 1.54) is 10.6 Å². The van der Waals surface area contributed by atoms with Crippen molar-refractivity contribution in [2.24, 2.45) is 5.92 Å². The number of sulfonamides is 1. The Morgan fingerprint density at radius 2 is 1.86 bits per heavy atom. The number of hydrogen-bond acceptors (Lipinski definition) is 3. The van der Waals surface area contributed by atoms with Gasteiger partial charge in [-0.1, -0.05) is 26.0 Å². The minimum atomic E-state index is -3.36. The molecule has 0 aromatic heterocycles. The lowest BCUT2D eigenvalue weighted by molar-refractivity contribution is -0.120. The number of carbonyl (C=O) groups is 1. The lowest BCUT2D eigenvalue weighted by Gasteiger charge is -2.25. The normalized spacial score (nSPS) is 14.9. The molecule has 0 atom stereocenters. The highest BCUT2D eigenvalue weighted by Crippen LogP contribution is 2.37. The van der Waals surface area contributed by atoms with Gasteiger partial charge in [-0.05, 0) is 37.8 Å². The smallest absolute Gasteiger partial charge is 0.232 e. The summed E-state index contributed by atoms with van der Waals surface area (Å²) >= 11 is 0. The Bertz CT molecular complexity index is 635. The fourth-order valence-corrected chi connectivity index (χ4v) is 3.89. The summed E-state index contributed by atoms with van der Waals surface area (Å²) in [6.45, 7) is 3.96. The molecule has 2 rings (SSSR count). The van der Waals surface area contributed by atoms with E-state index in [0.29, 0.717) is 11.4 Å². The molecule has 1 aliphatic carbocycles. The summed E-state index contributed by atoms with van der Waals surface area (Å²) in [4.78, 5) is 12.3. The lowest BCUT2D eigenvalue weighted by atomic mass is 10.0. The second kappa shape index (κ2) is 6.69. The second-order valence-corrected chi connectivity index (χ2v) is 7.67. The summed E-state index contributed by atoms with van der Waals surface area (Å²) in [5.74, 6) is -0.109. The Hall–Kier alpha value is -1.56. The number of hydrogen-bond donors (Lipinski definition) is 1. The number of benzene rings is 1. The van der Waals surface area contributed by atoms with Crippen molar-refractivity contribution in [3.05, 3.63) is 24.3 Å². The van der Waals surface area contributed by atoms with Crippen LogP contribution in [-0.4, -0.2) is 26.6 Å². The average Bonchev–Trinajstić information content (AvgIpc) is 3.25. The number of nitrogens with zero attached hydrogens (tertiary/aromatic N) is 1. The van der Waals surface area contributed by atoms with E-state index in [1.807, 2.05) is 13.8 Å². The molecule has 0 unspecified atom stereocenters. The van der Waals surface area contributed by atoms with Crippen LogP contribution in [0.5, 0.6) is 0 Å². The van der Waals surface area contributed by atoms with E-state index in [-0.39, 0.29) is 17.9 Å². The quantitative estimate of drug-likeness (QED) is 0.838. The molecule has 0 spiro atoms. The van der Waals surface area contributed by atoms with E-state index in [9.17, 15) is 13.2 Å². The van der Waals surface area contributed by atoms with Crippen molar-refractivity contribution in [2.45, 2.75) is 45.6 Å². The van der Waals surface area contributed by atoms with Crippen LogP contribution in [-0.2, 0) is 14.8 Å². The molecule has 0 saturated heterocycles. The summed E-state index contributed by atoms with van der Waals surface area (Å²) < 4.78 is 25.7. The zero-order valence-corrected chi connectivity index (χ0v) is 14.2. The summed E-state index contributed by atoms with van der Waals surface area (Å²) in [5.41, 5.74) is 1.13. The van der Waals surface area contributed by atoms with Crippen molar-refractivity contribution >= 4 is 27.3 Å². The van der Waals surface area contributed by atoms with Gasteiger partial charge in [0, 0.05) is 12.0 Å². The first-order valence-corrected chi connectivity index (χ1v) is 9.62. The SMILES string of the molecule is CCC(CC)C(=O)Nc1ccccc1N(C1CC1)S(C)(=O)=O. The Balaban J connectivity index is 2.32. The van der Waals surface area contributed by atoms with E-state index in [2.05, 4.69) is 5.32 Å². The van der Waals surface area contributed by atoms with Crippen LogP contribution in [0.3, 0.4) is 0 Å². The first-order valence-electron chi connectivity index (χ1n) is 7.77. The molecule has 0 bridgehead atoms. The van der Waals surface area contributed by atoms with Crippen LogP contribution in [0.1, 0.15) is 39.5 Å². The molecule has 1 aliphatic rings. The van der Waals surface area contributed by atoms with Crippen LogP contribution < -0.4 is 9.62 Å². The van der Waals surface area contributed by atoms with Crippen molar-refractivity contribution in [2.75, 3.05) is 15.9 Å². The molecular weight excluding hydrogens is 300 g/mol. The zero-order valence-electron chi connectivity index (χ0n) is 13.4. The third-order valence-electron chi connectivity index (χ3n) is 3.99. The van der Waals surface area contributed by atoms with Crippen LogP contribution in [0.4, 0.5) is 11.4 Å². The minimum Gasteiger partial charge on any atom is -0.324 e. The first-order chi connectivity index (χ1) is 10.4. The monoisotopic (exact) mass is 324 g/mol. The third-order valence-corrected chi connectivity index (χ3v) is 5.20. The highest BCUT2D eigenvalue weighted by Gasteiger charge is 2.36. The largest absolute Gasteiger partial charge is 0.324 e. The summed E-state index contributed by atoms with van der Waals surface area (Å²) in [6.07, 6.45) is 4.47. The average molecular weight is 324 g/mol. The van der Waals surface area contributed by atoms with Crippen molar-refractivity contribution in [1.82, 2.24) is 0 Å². The van der Waals surface area contributed by atoms with Crippen LogP contribution in [0.15, 0.2) is 24.3 Å². The summed E-state index contributed by atoms with van der Waals surface area (Å²) in [6, 6.07) is 7.13. The van der Waals surface area contributed by atoms with Gasteiger partial charge >= 0.3 is 0 Å². The number of anilines is 2. The predicted molar refractivity (Wildman–Crippen MR) is 89.5 cm³/mol. The van der Waals surface area contributed by atoms with Gasteiger partial charge in [0.1, 0.15) is 0 Å². The molecule has 1 fully saturated rings. The Labute approximate surface area is 132 Å². The summed E-state index contributed by atoms with van der Waals surface area (Å²) in [7, 11) is -3.36. The van der Waals surface area contributed by atoms with Gasteiger partial charge in [0.15, 0.2) is 0 Å². The fraction of sp³-hybridized carbons (Fsp3) is 0.562. The molecule has 0 aliphatic heterocycles. The van der Waals surface area contributed by atoms with Crippen LogP contribution in [0.2, 0.25) is 0 Å². The molecule has 1 saturated carbocycles. The maximum atomic E-state index is 12.3. The van der Waals surface area contributed by atoms with E-state index in [0.717, 1.165) is 25.7 Å². The maximum Gasteiger partial charge on any atom is 0.232 e. The molecule has 22 heavy (non-hydrogen) atoms. The molecular formula is C16H24N2O3S. The van der Waals surface area contributed by atoms with Gasteiger partial charge in [-0.2, -0.15) is 0 Å². The topological polar surface area (TPSA) is 66.5 Å². The molecule has 1 N–H and O–H groups in total. The predicted octanol–water partition coefficient (Wildman–Crippen LogP) is 2.99. The lowest BCUT2D eigenvalue weighted by Crippen LogP contribution is -2.33.